The topological polar surface area (TPSA) is 59.6 Å². The lowest BCUT2D eigenvalue weighted by molar-refractivity contribution is -0.123. The van der Waals surface area contributed by atoms with Gasteiger partial charge in [-0.05, 0) is 37.6 Å². The van der Waals surface area contributed by atoms with E-state index in [0.29, 0.717) is 24.9 Å². The fraction of sp³-hybridized carbons (Fsp3) is 0.562. The van der Waals surface area contributed by atoms with Gasteiger partial charge in [0.2, 0.25) is 0 Å². The van der Waals surface area contributed by atoms with Gasteiger partial charge >= 0.3 is 0 Å². The summed E-state index contributed by atoms with van der Waals surface area (Å²) in [5.41, 5.74) is 1.20. The smallest absolute Gasteiger partial charge is 0.257 e. The highest BCUT2D eigenvalue weighted by atomic mass is 16.5. The SMILES string of the molecule is CCNC(C)c1ccc(OCC(=O)NCCCOC)cc1. The molecular weight excluding hydrogens is 268 g/mol. The van der Waals surface area contributed by atoms with Crippen LogP contribution in [-0.2, 0) is 9.53 Å². The molecule has 5 heteroatoms. The summed E-state index contributed by atoms with van der Waals surface area (Å²) < 4.78 is 10.4. The predicted octanol–water partition coefficient (Wildman–Crippen LogP) is 1.89. The van der Waals surface area contributed by atoms with Gasteiger partial charge in [0, 0.05) is 26.3 Å². The number of benzene rings is 1. The number of amides is 1. The molecule has 0 saturated carbocycles. The van der Waals surface area contributed by atoms with Gasteiger partial charge in [0.25, 0.3) is 5.91 Å². The van der Waals surface area contributed by atoms with Gasteiger partial charge in [-0.15, -0.1) is 0 Å². The van der Waals surface area contributed by atoms with Gasteiger partial charge in [-0.2, -0.15) is 0 Å². The summed E-state index contributed by atoms with van der Waals surface area (Å²) in [6, 6.07) is 8.12. The maximum absolute atomic E-state index is 11.6. The van der Waals surface area contributed by atoms with E-state index in [4.69, 9.17) is 9.47 Å². The highest BCUT2D eigenvalue weighted by Gasteiger charge is 2.05. The summed E-state index contributed by atoms with van der Waals surface area (Å²) in [6.07, 6.45) is 0.805. The Hall–Kier alpha value is -1.59. The summed E-state index contributed by atoms with van der Waals surface area (Å²) in [5, 5.41) is 6.13. The van der Waals surface area contributed by atoms with Crippen LogP contribution in [0.25, 0.3) is 0 Å². The van der Waals surface area contributed by atoms with Gasteiger partial charge in [0.1, 0.15) is 5.75 Å². The molecule has 5 nitrogen and oxygen atoms in total. The van der Waals surface area contributed by atoms with Crippen molar-refractivity contribution in [1.82, 2.24) is 10.6 Å². The van der Waals surface area contributed by atoms with Crippen LogP contribution in [0.5, 0.6) is 5.75 Å². The van der Waals surface area contributed by atoms with Crippen molar-refractivity contribution < 1.29 is 14.3 Å². The standard InChI is InChI=1S/C16H26N2O3/c1-4-17-13(2)14-6-8-15(9-7-14)21-12-16(19)18-10-5-11-20-3/h6-9,13,17H,4-5,10-12H2,1-3H3,(H,18,19). The van der Waals surface area contributed by atoms with Gasteiger partial charge in [-0.1, -0.05) is 19.1 Å². The molecule has 2 N–H and O–H groups in total. The van der Waals surface area contributed by atoms with Crippen LogP contribution in [0, 0.1) is 0 Å². The van der Waals surface area contributed by atoms with E-state index >= 15 is 0 Å². The van der Waals surface area contributed by atoms with E-state index in [0.717, 1.165) is 13.0 Å². The van der Waals surface area contributed by atoms with E-state index in [1.807, 2.05) is 24.3 Å². The fourth-order valence-corrected chi connectivity index (χ4v) is 1.92. The van der Waals surface area contributed by atoms with Crippen LogP contribution in [-0.4, -0.2) is 39.3 Å². The number of carbonyl (C=O) groups is 1. The first-order chi connectivity index (χ1) is 10.2. The van der Waals surface area contributed by atoms with Crippen molar-refractivity contribution in [2.24, 2.45) is 0 Å². The third-order valence-electron chi connectivity index (χ3n) is 3.11. The molecule has 0 aliphatic rings. The Morgan fingerprint density at radius 1 is 1.29 bits per heavy atom. The van der Waals surface area contributed by atoms with Gasteiger partial charge in [-0.3, -0.25) is 4.79 Å². The van der Waals surface area contributed by atoms with E-state index in [-0.39, 0.29) is 12.5 Å². The lowest BCUT2D eigenvalue weighted by Crippen LogP contribution is -2.30. The predicted molar refractivity (Wildman–Crippen MR) is 83.5 cm³/mol. The zero-order chi connectivity index (χ0) is 15.5. The average Bonchev–Trinajstić information content (AvgIpc) is 2.50. The van der Waals surface area contributed by atoms with Crippen LogP contribution in [0.15, 0.2) is 24.3 Å². The Labute approximate surface area is 127 Å². The quantitative estimate of drug-likeness (QED) is 0.647. The highest BCUT2D eigenvalue weighted by molar-refractivity contribution is 5.77. The molecule has 1 aromatic carbocycles. The van der Waals surface area contributed by atoms with Gasteiger partial charge in [0.05, 0.1) is 0 Å². The summed E-state index contributed by atoms with van der Waals surface area (Å²) in [7, 11) is 1.64. The summed E-state index contributed by atoms with van der Waals surface area (Å²) >= 11 is 0. The van der Waals surface area contributed by atoms with Crippen molar-refractivity contribution >= 4 is 5.91 Å². The van der Waals surface area contributed by atoms with Crippen molar-refractivity contribution in [3.63, 3.8) is 0 Å². The van der Waals surface area contributed by atoms with E-state index in [1.54, 1.807) is 7.11 Å². The molecule has 0 fully saturated rings. The van der Waals surface area contributed by atoms with Crippen molar-refractivity contribution in [2.45, 2.75) is 26.3 Å². The maximum atomic E-state index is 11.6. The Morgan fingerprint density at radius 3 is 2.62 bits per heavy atom. The first kappa shape index (κ1) is 17.5. The number of hydrogen-bond donors (Lipinski definition) is 2. The van der Waals surface area contributed by atoms with Crippen LogP contribution in [0.3, 0.4) is 0 Å². The minimum absolute atomic E-state index is 0.0368. The zero-order valence-corrected chi connectivity index (χ0v) is 13.1. The highest BCUT2D eigenvalue weighted by Crippen LogP contribution is 2.17. The number of nitrogens with one attached hydrogen (secondary N) is 2. The third kappa shape index (κ3) is 7.11. The number of hydrogen-bond acceptors (Lipinski definition) is 4. The van der Waals surface area contributed by atoms with Crippen LogP contribution in [0.1, 0.15) is 31.9 Å². The molecule has 1 unspecified atom stereocenters. The van der Waals surface area contributed by atoms with Gasteiger partial charge in [0.15, 0.2) is 6.61 Å². The van der Waals surface area contributed by atoms with Crippen LogP contribution in [0.4, 0.5) is 0 Å². The lowest BCUT2D eigenvalue weighted by atomic mass is 10.1. The van der Waals surface area contributed by atoms with Crippen molar-refractivity contribution in [3.8, 4) is 5.75 Å². The number of methoxy groups -OCH3 is 1. The summed E-state index contributed by atoms with van der Waals surface area (Å²) in [6.45, 7) is 6.42. The monoisotopic (exact) mass is 294 g/mol. The average molecular weight is 294 g/mol. The van der Waals surface area contributed by atoms with Crippen molar-refractivity contribution in [3.05, 3.63) is 29.8 Å². The zero-order valence-electron chi connectivity index (χ0n) is 13.1. The Kier molecular flexibility index (Phi) is 8.47. The molecule has 0 aliphatic heterocycles. The van der Waals surface area contributed by atoms with Crippen molar-refractivity contribution in [2.75, 3.05) is 33.4 Å². The second kappa shape index (κ2) is 10.2. The van der Waals surface area contributed by atoms with E-state index in [1.165, 1.54) is 5.56 Å². The van der Waals surface area contributed by atoms with Gasteiger partial charge in [-0.25, -0.2) is 0 Å². The Balaban J connectivity index is 2.30. The molecule has 1 rings (SSSR count). The first-order valence-electron chi connectivity index (χ1n) is 7.39. The van der Waals surface area contributed by atoms with E-state index < -0.39 is 0 Å². The second-order valence-electron chi connectivity index (χ2n) is 4.83. The van der Waals surface area contributed by atoms with E-state index in [2.05, 4.69) is 24.5 Å². The molecule has 0 heterocycles. The van der Waals surface area contributed by atoms with Crippen LogP contribution < -0.4 is 15.4 Å². The Morgan fingerprint density at radius 2 is 2.00 bits per heavy atom. The molecule has 1 amide bonds. The second-order valence-corrected chi connectivity index (χ2v) is 4.83. The summed E-state index contributed by atoms with van der Waals surface area (Å²) in [4.78, 5) is 11.6. The molecule has 0 aromatic heterocycles. The number of carbonyl (C=O) groups excluding carboxylic acids is 1. The van der Waals surface area contributed by atoms with E-state index in [9.17, 15) is 4.79 Å². The van der Waals surface area contributed by atoms with Crippen molar-refractivity contribution in [1.29, 1.82) is 0 Å². The normalized spacial score (nSPS) is 12.0. The molecular formula is C16H26N2O3. The first-order valence-corrected chi connectivity index (χ1v) is 7.39. The molecule has 0 spiro atoms. The fourth-order valence-electron chi connectivity index (χ4n) is 1.92. The minimum atomic E-state index is -0.115. The molecule has 0 bridgehead atoms. The summed E-state index contributed by atoms with van der Waals surface area (Å²) in [5.74, 6) is 0.589. The number of ether oxygens (including phenoxy) is 2. The molecule has 118 valence electrons. The number of rotatable bonds is 10. The third-order valence-corrected chi connectivity index (χ3v) is 3.11. The molecule has 0 aliphatic carbocycles. The van der Waals surface area contributed by atoms with Crippen LogP contribution in [0.2, 0.25) is 0 Å². The molecule has 1 aromatic rings. The molecule has 21 heavy (non-hydrogen) atoms. The largest absolute Gasteiger partial charge is 0.484 e. The Bertz CT molecular complexity index is 406. The molecule has 0 radical (unpaired) electrons. The molecule has 0 saturated heterocycles. The maximum Gasteiger partial charge on any atom is 0.257 e. The molecule has 1 atom stereocenters. The van der Waals surface area contributed by atoms with Crippen LogP contribution >= 0.6 is 0 Å². The minimum Gasteiger partial charge on any atom is -0.484 e. The lowest BCUT2D eigenvalue weighted by Gasteiger charge is -2.13. The van der Waals surface area contributed by atoms with Gasteiger partial charge < -0.3 is 20.1 Å².